The first-order valence-corrected chi connectivity index (χ1v) is 4.79. The second-order valence-electron chi connectivity index (χ2n) is 3.42. The number of rotatable bonds is 1. The Morgan fingerprint density at radius 2 is 2.00 bits per heavy atom. The third-order valence-electron chi connectivity index (χ3n) is 2.64. The van der Waals surface area contributed by atoms with E-state index in [1.165, 1.54) is 16.3 Å². The quantitative estimate of drug-likeness (QED) is 0.541. The molecule has 0 N–H and O–H groups in total. The average Bonchev–Trinajstić information content (AvgIpc) is 2.20. The Morgan fingerprint density at radius 1 is 1.14 bits per heavy atom. The zero-order valence-electron chi connectivity index (χ0n) is 7.91. The van der Waals surface area contributed by atoms with Crippen LogP contribution in [0.4, 0.5) is 0 Å². The summed E-state index contributed by atoms with van der Waals surface area (Å²) in [5.74, 6) is 0. The van der Waals surface area contributed by atoms with E-state index in [0.29, 0.717) is 0 Å². The summed E-state index contributed by atoms with van der Waals surface area (Å²) in [6.45, 7) is 2.13. The molecule has 0 aliphatic carbocycles. The maximum Gasteiger partial charge on any atom is 0.229 e. The average molecular weight is 186 g/mol. The predicted molar refractivity (Wildman–Crippen MR) is 55.4 cm³/mol. The summed E-state index contributed by atoms with van der Waals surface area (Å²) < 4.78 is 9.93. The summed E-state index contributed by atoms with van der Waals surface area (Å²) in [7, 11) is 0. The maximum absolute atomic E-state index is 5.01. The van der Waals surface area contributed by atoms with Crippen molar-refractivity contribution in [2.24, 2.45) is 0 Å². The molecule has 1 heterocycles. The minimum absolute atomic E-state index is 0.862. The molecule has 2 aromatic carbocycles. The van der Waals surface area contributed by atoms with Crippen LogP contribution in [0.1, 0.15) is 12.5 Å². The fourth-order valence-corrected chi connectivity index (χ4v) is 1.93. The highest BCUT2D eigenvalue weighted by Gasteiger charge is 2.13. The fraction of sp³-hybridized carbons (Fsp3) is 0.167. The van der Waals surface area contributed by atoms with Gasteiger partial charge in [-0.05, 0) is 23.3 Å². The Hall–Kier alpha value is -1.70. The van der Waals surface area contributed by atoms with Crippen molar-refractivity contribution in [1.29, 1.82) is 0 Å². The highest BCUT2D eigenvalue weighted by molar-refractivity contribution is 5.97. The Bertz CT molecular complexity index is 586. The standard InChI is InChI=1S/C12H10O2/c1-2-9-10-6-4-3-5-8(10)7-11-12(9)14-13-11/h3-7H,2H2,1H3. The molecule has 0 radical (unpaired) electrons. The van der Waals surface area contributed by atoms with Crippen molar-refractivity contribution in [2.75, 3.05) is 0 Å². The zero-order valence-corrected chi connectivity index (χ0v) is 7.91. The van der Waals surface area contributed by atoms with Crippen molar-refractivity contribution >= 4 is 21.9 Å². The molecule has 0 saturated carbocycles. The lowest BCUT2D eigenvalue weighted by molar-refractivity contribution is 0.0584. The monoisotopic (exact) mass is 186 g/mol. The summed E-state index contributed by atoms with van der Waals surface area (Å²) in [4.78, 5) is 0. The van der Waals surface area contributed by atoms with E-state index in [0.717, 1.165) is 17.6 Å². The molecular weight excluding hydrogens is 176 g/mol. The van der Waals surface area contributed by atoms with Crippen LogP contribution in [0.25, 0.3) is 21.9 Å². The first kappa shape index (κ1) is 7.68. The van der Waals surface area contributed by atoms with Crippen molar-refractivity contribution in [2.45, 2.75) is 13.3 Å². The first-order valence-electron chi connectivity index (χ1n) is 4.79. The molecule has 70 valence electrons. The van der Waals surface area contributed by atoms with Gasteiger partial charge in [0.25, 0.3) is 0 Å². The van der Waals surface area contributed by atoms with E-state index in [1.807, 2.05) is 18.2 Å². The minimum Gasteiger partial charge on any atom is -0.286 e. The third-order valence-corrected chi connectivity index (χ3v) is 2.64. The van der Waals surface area contributed by atoms with Gasteiger partial charge in [-0.15, -0.1) is 0 Å². The number of hydrogen-bond acceptors (Lipinski definition) is 2. The summed E-state index contributed by atoms with van der Waals surface area (Å²) >= 11 is 0. The summed E-state index contributed by atoms with van der Waals surface area (Å²) in [6, 6.07) is 10.3. The van der Waals surface area contributed by atoms with Crippen LogP contribution in [-0.2, 0) is 6.42 Å². The Labute approximate surface area is 81.0 Å². The molecule has 0 amide bonds. The van der Waals surface area contributed by atoms with Crippen LogP contribution in [-0.4, -0.2) is 0 Å². The van der Waals surface area contributed by atoms with E-state index in [9.17, 15) is 0 Å². The van der Waals surface area contributed by atoms with Gasteiger partial charge in [0.1, 0.15) is 0 Å². The molecule has 0 atom stereocenters. The molecule has 2 heteroatoms. The predicted octanol–water partition coefficient (Wildman–Crippen LogP) is 3.74. The first-order chi connectivity index (χ1) is 6.90. The van der Waals surface area contributed by atoms with E-state index < -0.39 is 0 Å². The van der Waals surface area contributed by atoms with Gasteiger partial charge in [-0.3, -0.25) is 9.15 Å². The molecule has 3 rings (SSSR count). The van der Waals surface area contributed by atoms with E-state index >= 15 is 0 Å². The molecule has 0 spiro atoms. The van der Waals surface area contributed by atoms with Crippen molar-refractivity contribution in [3.63, 3.8) is 0 Å². The van der Waals surface area contributed by atoms with Crippen LogP contribution in [0, 0.1) is 0 Å². The molecule has 3 aromatic rings. The van der Waals surface area contributed by atoms with E-state index in [2.05, 4.69) is 19.1 Å². The highest BCUT2D eigenvalue weighted by atomic mass is 17.0. The van der Waals surface area contributed by atoms with Gasteiger partial charge in [0.2, 0.25) is 11.2 Å². The van der Waals surface area contributed by atoms with Gasteiger partial charge in [-0.1, -0.05) is 31.2 Å². The van der Waals surface area contributed by atoms with E-state index in [4.69, 9.17) is 9.15 Å². The highest BCUT2D eigenvalue weighted by Crippen LogP contribution is 2.31. The maximum atomic E-state index is 5.01. The van der Waals surface area contributed by atoms with Crippen molar-refractivity contribution in [3.05, 3.63) is 35.9 Å². The summed E-state index contributed by atoms with van der Waals surface area (Å²) in [5.41, 5.74) is 3.01. The van der Waals surface area contributed by atoms with Gasteiger partial charge in [0.05, 0.1) is 0 Å². The van der Waals surface area contributed by atoms with E-state index in [-0.39, 0.29) is 0 Å². The molecule has 1 aromatic heterocycles. The molecular formula is C12H10O2. The fourth-order valence-electron chi connectivity index (χ4n) is 1.93. The smallest absolute Gasteiger partial charge is 0.229 e. The van der Waals surface area contributed by atoms with Crippen molar-refractivity contribution in [1.82, 2.24) is 0 Å². The Morgan fingerprint density at radius 3 is 2.71 bits per heavy atom. The van der Waals surface area contributed by atoms with Gasteiger partial charge in [-0.2, -0.15) is 0 Å². The summed E-state index contributed by atoms with van der Waals surface area (Å²) in [6.07, 6.45) is 0.965. The zero-order chi connectivity index (χ0) is 9.54. The molecule has 0 unspecified atom stereocenters. The topological polar surface area (TPSA) is 26.3 Å². The lowest BCUT2D eigenvalue weighted by Gasteiger charge is -2.07. The molecule has 0 fully saturated rings. The normalized spacial score (nSPS) is 11.5. The second kappa shape index (κ2) is 2.64. The molecule has 0 aliphatic heterocycles. The Kier molecular flexibility index (Phi) is 1.45. The summed E-state index contributed by atoms with van der Waals surface area (Å²) in [5, 5.41) is 2.48. The van der Waals surface area contributed by atoms with Gasteiger partial charge in [0, 0.05) is 5.56 Å². The lowest BCUT2D eigenvalue weighted by Crippen LogP contribution is -1.89. The van der Waals surface area contributed by atoms with Gasteiger partial charge >= 0.3 is 0 Å². The minimum atomic E-state index is 0.862. The van der Waals surface area contributed by atoms with Crippen molar-refractivity contribution in [3.8, 4) is 0 Å². The van der Waals surface area contributed by atoms with Gasteiger partial charge in [-0.25, -0.2) is 0 Å². The number of benzene rings is 2. The van der Waals surface area contributed by atoms with Crippen LogP contribution < -0.4 is 0 Å². The largest absolute Gasteiger partial charge is 0.286 e. The van der Waals surface area contributed by atoms with Gasteiger partial charge < -0.3 is 0 Å². The molecule has 14 heavy (non-hydrogen) atoms. The molecule has 0 bridgehead atoms. The van der Waals surface area contributed by atoms with Crippen LogP contribution in [0.15, 0.2) is 39.5 Å². The third kappa shape index (κ3) is 0.854. The SMILES string of the molecule is CCc1c2ccccc2cc2ooc12. The molecule has 0 saturated heterocycles. The lowest BCUT2D eigenvalue weighted by atomic mass is 10.0. The molecule has 0 aliphatic rings. The molecule has 2 nitrogen and oxygen atoms in total. The van der Waals surface area contributed by atoms with Gasteiger partial charge in [0.15, 0.2) is 0 Å². The number of hydrogen-bond donors (Lipinski definition) is 0. The van der Waals surface area contributed by atoms with Crippen LogP contribution in [0.3, 0.4) is 0 Å². The van der Waals surface area contributed by atoms with Crippen LogP contribution >= 0.6 is 0 Å². The number of aryl methyl sites for hydroxylation is 1. The van der Waals surface area contributed by atoms with Crippen LogP contribution in [0.2, 0.25) is 0 Å². The Balaban J connectivity index is 2.53. The van der Waals surface area contributed by atoms with Crippen molar-refractivity contribution < 1.29 is 9.15 Å². The number of fused-ring (bicyclic) bond motifs is 2. The van der Waals surface area contributed by atoms with Crippen LogP contribution in [0.5, 0.6) is 0 Å². The van der Waals surface area contributed by atoms with E-state index in [1.54, 1.807) is 0 Å². The second-order valence-corrected chi connectivity index (χ2v) is 3.42.